The second-order valence-corrected chi connectivity index (χ2v) is 10.1. The van der Waals surface area contributed by atoms with Gasteiger partial charge in [-0.05, 0) is 51.2 Å². The molecule has 122 valence electrons. The van der Waals surface area contributed by atoms with Gasteiger partial charge in [-0.25, -0.2) is 0 Å². The molecule has 2 rings (SSSR count). The smallest absolute Gasteiger partial charge is 0.222 e. The van der Waals surface area contributed by atoms with Crippen molar-refractivity contribution in [1.82, 2.24) is 0 Å². The predicted molar refractivity (Wildman–Crippen MR) is 94.6 cm³/mol. The Morgan fingerprint density at radius 2 is 1.64 bits per heavy atom. The van der Waals surface area contributed by atoms with Crippen LogP contribution < -0.4 is 0 Å². The first kappa shape index (κ1) is 17.5. The number of carbonyl (C=O) groups excluding carboxylic acids is 1. The molecular weight excluding hydrogens is 291 g/mol. The van der Waals surface area contributed by atoms with Crippen LogP contribution in [0.15, 0.2) is 12.1 Å². The topological polar surface area (TPSA) is 34.1 Å². The predicted octanol–water partition coefficient (Wildman–Crippen LogP) is 5.86. The van der Waals surface area contributed by atoms with Gasteiger partial charge in [0.15, 0.2) is 7.14 Å². The zero-order chi connectivity index (χ0) is 16.3. The third kappa shape index (κ3) is 3.38. The van der Waals surface area contributed by atoms with Crippen LogP contribution in [0.3, 0.4) is 0 Å². The largest absolute Gasteiger partial charge is 0.315 e. The van der Waals surface area contributed by atoms with E-state index in [4.69, 9.17) is 0 Å². The molecule has 2 nitrogen and oxygen atoms in total. The van der Waals surface area contributed by atoms with Gasteiger partial charge in [0, 0.05) is 17.4 Å². The van der Waals surface area contributed by atoms with Gasteiger partial charge < -0.3 is 4.57 Å². The SMILES string of the molecule is CCCP(=O)(C(=O)c1c(C)cc(C)cc1C)C1CCCCC1. The summed E-state index contributed by atoms with van der Waals surface area (Å²) < 4.78 is 13.7. The Morgan fingerprint density at radius 3 is 2.14 bits per heavy atom. The van der Waals surface area contributed by atoms with Crippen molar-refractivity contribution in [2.75, 3.05) is 6.16 Å². The van der Waals surface area contributed by atoms with Crippen LogP contribution in [-0.4, -0.2) is 17.3 Å². The molecule has 1 saturated carbocycles. The summed E-state index contributed by atoms with van der Waals surface area (Å²) in [5.41, 5.74) is 3.93. The van der Waals surface area contributed by atoms with Crippen LogP contribution in [0.4, 0.5) is 0 Å². The Kier molecular flexibility index (Phi) is 5.66. The lowest BCUT2D eigenvalue weighted by Crippen LogP contribution is -2.21. The Balaban J connectivity index is 2.44. The van der Waals surface area contributed by atoms with E-state index >= 15 is 0 Å². The van der Waals surface area contributed by atoms with Crippen LogP contribution in [0.2, 0.25) is 0 Å². The molecule has 0 spiro atoms. The molecule has 3 heteroatoms. The summed E-state index contributed by atoms with van der Waals surface area (Å²) >= 11 is 0. The van der Waals surface area contributed by atoms with Crippen LogP contribution in [0.5, 0.6) is 0 Å². The molecule has 0 aliphatic heterocycles. The highest BCUT2D eigenvalue weighted by Gasteiger charge is 2.41. The maximum Gasteiger partial charge on any atom is 0.222 e. The number of rotatable bonds is 5. The average molecular weight is 320 g/mol. The average Bonchev–Trinajstić information content (AvgIpc) is 2.47. The molecule has 1 unspecified atom stereocenters. The van der Waals surface area contributed by atoms with E-state index in [1.54, 1.807) is 0 Å². The van der Waals surface area contributed by atoms with Crippen molar-refractivity contribution < 1.29 is 9.36 Å². The summed E-state index contributed by atoms with van der Waals surface area (Å²) in [5, 5.41) is 0. The summed E-state index contributed by atoms with van der Waals surface area (Å²) in [5.74, 6) is 0. The van der Waals surface area contributed by atoms with E-state index in [2.05, 4.69) is 0 Å². The van der Waals surface area contributed by atoms with Gasteiger partial charge in [-0.1, -0.05) is 43.9 Å². The lowest BCUT2D eigenvalue weighted by molar-refractivity contribution is 0.107. The maximum absolute atomic E-state index is 13.7. The number of hydrogen-bond donors (Lipinski definition) is 0. The van der Waals surface area contributed by atoms with Gasteiger partial charge in [-0.3, -0.25) is 4.79 Å². The summed E-state index contributed by atoms with van der Waals surface area (Å²) in [6.07, 6.45) is 6.79. The Hall–Kier alpha value is -0.880. The van der Waals surface area contributed by atoms with E-state index in [-0.39, 0.29) is 11.2 Å². The van der Waals surface area contributed by atoms with Crippen molar-refractivity contribution in [1.29, 1.82) is 0 Å². The monoisotopic (exact) mass is 320 g/mol. The molecule has 1 aromatic carbocycles. The van der Waals surface area contributed by atoms with Gasteiger partial charge >= 0.3 is 0 Å². The zero-order valence-corrected chi connectivity index (χ0v) is 15.3. The summed E-state index contributed by atoms with van der Waals surface area (Å²) in [7, 11) is -2.82. The van der Waals surface area contributed by atoms with Gasteiger partial charge in [0.25, 0.3) is 0 Å². The Bertz CT molecular complexity index is 574. The van der Waals surface area contributed by atoms with Crippen LogP contribution in [0, 0.1) is 20.8 Å². The highest BCUT2D eigenvalue weighted by Crippen LogP contribution is 2.58. The minimum atomic E-state index is -2.82. The molecule has 1 aliphatic rings. The maximum atomic E-state index is 13.7. The van der Waals surface area contributed by atoms with Crippen molar-refractivity contribution in [3.63, 3.8) is 0 Å². The minimum absolute atomic E-state index is 0.0451. The standard InChI is InChI=1S/C19H29O2P/c1-5-11-22(21,17-9-7-6-8-10-17)19(20)18-15(3)12-14(2)13-16(18)4/h12-13,17H,5-11H2,1-4H3. The number of hydrogen-bond acceptors (Lipinski definition) is 2. The van der Waals surface area contributed by atoms with E-state index in [0.717, 1.165) is 54.4 Å². The molecule has 1 fully saturated rings. The summed E-state index contributed by atoms with van der Waals surface area (Å²) in [6, 6.07) is 4.08. The molecule has 22 heavy (non-hydrogen) atoms. The molecule has 1 aliphatic carbocycles. The Morgan fingerprint density at radius 1 is 1.09 bits per heavy atom. The van der Waals surface area contributed by atoms with Crippen molar-refractivity contribution in [3.8, 4) is 0 Å². The van der Waals surface area contributed by atoms with Crippen molar-refractivity contribution in [2.45, 2.75) is 71.9 Å². The second kappa shape index (κ2) is 7.13. The van der Waals surface area contributed by atoms with Crippen LogP contribution in [0.25, 0.3) is 0 Å². The second-order valence-electron chi connectivity index (χ2n) is 6.89. The molecule has 0 saturated heterocycles. The number of carbonyl (C=O) groups is 1. The third-order valence-electron chi connectivity index (χ3n) is 4.96. The molecule has 0 amide bonds. The molecule has 0 radical (unpaired) electrons. The molecule has 0 heterocycles. The van der Waals surface area contributed by atoms with E-state index in [0.29, 0.717) is 6.16 Å². The van der Waals surface area contributed by atoms with Crippen molar-refractivity contribution in [2.24, 2.45) is 0 Å². The fourth-order valence-electron chi connectivity index (χ4n) is 3.99. The number of benzene rings is 1. The van der Waals surface area contributed by atoms with Gasteiger partial charge in [-0.15, -0.1) is 0 Å². The highest BCUT2D eigenvalue weighted by molar-refractivity contribution is 7.81. The fourth-order valence-corrected chi connectivity index (χ4v) is 7.48. The van der Waals surface area contributed by atoms with Crippen LogP contribution in [0.1, 0.15) is 72.5 Å². The molecule has 0 bridgehead atoms. The molecule has 0 N–H and O–H groups in total. The van der Waals surface area contributed by atoms with Gasteiger partial charge in [0.05, 0.1) is 0 Å². The quantitative estimate of drug-likeness (QED) is 0.637. The lowest BCUT2D eigenvalue weighted by atomic mass is 10.0. The molecule has 1 aromatic rings. The van der Waals surface area contributed by atoms with E-state index < -0.39 is 7.14 Å². The summed E-state index contributed by atoms with van der Waals surface area (Å²) in [4.78, 5) is 13.2. The first-order chi connectivity index (χ1) is 10.4. The minimum Gasteiger partial charge on any atom is -0.315 e. The first-order valence-electron chi connectivity index (χ1n) is 8.61. The first-order valence-corrected chi connectivity index (χ1v) is 10.6. The summed E-state index contributed by atoms with van der Waals surface area (Å²) in [6.45, 7) is 8.04. The molecular formula is C19H29O2P. The van der Waals surface area contributed by atoms with Crippen LogP contribution >= 0.6 is 7.14 Å². The van der Waals surface area contributed by atoms with Gasteiger partial charge in [-0.2, -0.15) is 0 Å². The lowest BCUT2D eigenvalue weighted by Gasteiger charge is -2.30. The van der Waals surface area contributed by atoms with Gasteiger partial charge in [0.1, 0.15) is 0 Å². The molecule has 0 aromatic heterocycles. The van der Waals surface area contributed by atoms with Crippen LogP contribution in [-0.2, 0) is 4.57 Å². The highest BCUT2D eigenvalue weighted by atomic mass is 31.2. The van der Waals surface area contributed by atoms with Crippen molar-refractivity contribution in [3.05, 3.63) is 34.4 Å². The third-order valence-corrected chi connectivity index (χ3v) is 8.67. The van der Waals surface area contributed by atoms with Gasteiger partial charge in [0.2, 0.25) is 5.52 Å². The van der Waals surface area contributed by atoms with Crippen molar-refractivity contribution >= 4 is 12.7 Å². The fraction of sp³-hybridized carbons (Fsp3) is 0.632. The number of aryl methyl sites for hydroxylation is 3. The molecule has 1 atom stereocenters. The normalized spacial score (nSPS) is 18.9. The zero-order valence-electron chi connectivity index (χ0n) is 14.4. The van der Waals surface area contributed by atoms with E-state index in [1.165, 1.54) is 6.42 Å². The van der Waals surface area contributed by atoms with E-state index in [1.807, 2.05) is 39.8 Å². The van der Waals surface area contributed by atoms with E-state index in [9.17, 15) is 9.36 Å². The Labute approximate surface area is 135 Å².